The van der Waals surface area contributed by atoms with Crippen molar-refractivity contribution in [1.29, 1.82) is 0 Å². The normalized spacial score (nSPS) is 16.1. The summed E-state index contributed by atoms with van der Waals surface area (Å²) in [6.07, 6.45) is 0. The van der Waals surface area contributed by atoms with Gasteiger partial charge in [0.05, 0.1) is 14.8 Å². The van der Waals surface area contributed by atoms with Crippen LogP contribution in [0.15, 0.2) is 150 Å². The van der Waals surface area contributed by atoms with E-state index in [-0.39, 0.29) is 51.6 Å². The molecule has 1 aliphatic heterocycles. The number of hydrogen-bond acceptors (Lipinski definition) is 18. The molecule has 0 aliphatic carbocycles. The van der Waals surface area contributed by atoms with Crippen molar-refractivity contribution in [2.75, 3.05) is 17.2 Å². The maximum absolute atomic E-state index is 11.6. The molecular weight excluding hydrogens is 843 g/mol. The van der Waals surface area contributed by atoms with Gasteiger partial charge in [0.2, 0.25) is 0 Å². The Morgan fingerprint density at radius 1 is 0.467 bits per heavy atom. The number of anilines is 3. The standard InChI is InChI=1S/C36H30N9O12P3/c37-25-1-13-31(14-2-25)52-44-58(54-33-19-7-28(8-20-33)41(46)47)40-60(56-35-21-9-29(10-22-35)42(48)49,57-36-23-11-30(12-24-36)43(50)51)45(53-32-15-3-26(38)4-16-32)59(44)55-34-17-5-27(39)6-18-34/h1-24H,37-39H2. The molecule has 0 saturated carbocycles. The molecule has 2 atom stereocenters. The van der Waals surface area contributed by atoms with Crippen LogP contribution in [0.4, 0.5) is 34.1 Å². The second kappa shape index (κ2) is 17.7. The highest BCUT2D eigenvalue weighted by atomic mass is 31.3. The molecule has 6 aromatic rings. The van der Waals surface area contributed by atoms with E-state index >= 15 is 0 Å². The molecule has 24 heteroatoms. The molecule has 0 radical (unpaired) electrons. The van der Waals surface area contributed by atoms with Gasteiger partial charge in [0.25, 0.3) is 17.1 Å². The number of non-ortho nitro benzene ring substituents is 3. The van der Waals surface area contributed by atoms with Crippen molar-refractivity contribution < 1.29 is 42.5 Å². The van der Waals surface area contributed by atoms with E-state index in [1.54, 1.807) is 72.8 Å². The van der Waals surface area contributed by atoms with Crippen molar-refractivity contribution in [3.8, 4) is 34.5 Å². The summed E-state index contributed by atoms with van der Waals surface area (Å²) >= 11 is 0. The lowest BCUT2D eigenvalue weighted by Crippen LogP contribution is -2.37. The fourth-order valence-corrected chi connectivity index (χ4v) is 12.4. The van der Waals surface area contributed by atoms with Crippen LogP contribution in [0, 0.1) is 30.3 Å². The van der Waals surface area contributed by atoms with E-state index in [2.05, 4.69) is 0 Å². The molecule has 6 aromatic carbocycles. The summed E-state index contributed by atoms with van der Waals surface area (Å²) in [6.45, 7) is 0. The molecule has 1 aliphatic rings. The fraction of sp³-hybridized carbons (Fsp3) is 0. The number of hydrogen-bond donors (Lipinski definition) is 3. The average molecular weight is 874 g/mol. The van der Waals surface area contributed by atoms with Crippen LogP contribution in [-0.4, -0.2) is 24.0 Å². The lowest BCUT2D eigenvalue weighted by atomic mass is 10.3. The van der Waals surface area contributed by atoms with Gasteiger partial charge < -0.3 is 45.0 Å². The highest BCUT2D eigenvalue weighted by molar-refractivity contribution is 7.78. The van der Waals surface area contributed by atoms with Crippen molar-refractivity contribution in [2.45, 2.75) is 0 Å². The number of nitro groups is 3. The minimum absolute atomic E-state index is 0.00567. The number of nitrogen functional groups attached to an aromatic ring is 3. The van der Waals surface area contributed by atoms with Crippen molar-refractivity contribution >= 4 is 58.7 Å². The van der Waals surface area contributed by atoms with E-state index in [0.717, 1.165) is 0 Å². The zero-order chi connectivity index (χ0) is 42.4. The maximum Gasteiger partial charge on any atom is 0.447 e. The minimum atomic E-state index is -4.37. The van der Waals surface area contributed by atoms with Crippen LogP contribution in [0.2, 0.25) is 0 Å². The lowest BCUT2D eigenvalue weighted by Gasteiger charge is -2.43. The average Bonchev–Trinajstić information content (AvgIpc) is 3.23. The second-order valence-electron chi connectivity index (χ2n) is 12.1. The van der Waals surface area contributed by atoms with Crippen LogP contribution < -0.4 is 45.0 Å². The Morgan fingerprint density at radius 3 is 1.20 bits per heavy atom. The summed E-state index contributed by atoms with van der Waals surface area (Å²) in [5, 5.41) is 34.8. The molecular formula is C36H30N9O12P3. The molecule has 0 amide bonds. The van der Waals surface area contributed by atoms with E-state index in [0.29, 0.717) is 17.1 Å². The van der Waals surface area contributed by atoms with E-state index in [1.165, 1.54) is 82.0 Å². The molecule has 60 heavy (non-hydrogen) atoms. The molecule has 21 nitrogen and oxygen atoms in total. The Bertz CT molecular complexity index is 2480. The summed E-state index contributed by atoms with van der Waals surface area (Å²) in [4.78, 5) is 46.1. The molecule has 0 aromatic heterocycles. The summed E-state index contributed by atoms with van der Waals surface area (Å²) in [6, 6.07) is 34.2. The third kappa shape index (κ3) is 9.70. The van der Waals surface area contributed by atoms with E-state index in [9.17, 15) is 30.3 Å². The zero-order valence-corrected chi connectivity index (χ0v) is 33.2. The van der Waals surface area contributed by atoms with Crippen LogP contribution in [0.25, 0.3) is 0 Å². The van der Waals surface area contributed by atoms with Crippen LogP contribution in [0.1, 0.15) is 0 Å². The Labute approximate surface area is 341 Å². The molecule has 306 valence electrons. The molecule has 0 spiro atoms. The second-order valence-corrected chi connectivity index (χ2v) is 17.6. The first-order chi connectivity index (χ1) is 28.8. The fourth-order valence-electron chi connectivity index (χ4n) is 4.92. The SMILES string of the molecule is Nc1ccc(ON2P(Oc3ccc([N+](=O)[O-])cc3)N=P(Oc3ccc([N+](=O)[O-])cc3)(Oc3ccc([N+](=O)[O-])cc3)N(Oc3ccc(N)cc3)P2Oc2ccc(N)cc2)cc1. The van der Waals surface area contributed by atoms with Gasteiger partial charge in [-0.25, -0.2) is 0 Å². The largest absolute Gasteiger partial charge is 0.447 e. The van der Waals surface area contributed by atoms with Crippen LogP contribution in [-0.2, 0) is 0 Å². The molecule has 0 bridgehead atoms. The first kappa shape index (κ1) is 40.9. The molecule has 2 unspecified atom stereocenters. The summed E-state index contributed by atoms with van der Waals surface area (Å²) < 4.78 is 34.1. The van der Waals surface area contributed by atoms with Crippen LogP contribution in [0.5, 0.6) is 34.5 Å². The Kier molecular flexibility index (Phi) is 12.1. The Morgan fingerprint density at radius 2 is 0.800 bits per heavy atom. The summed E-state index contributed by atoms with van der Waals surface area (Å²) in [5.74, 6) is 0.756. The lowest BCUT2D eigenvalue weighted by molar-refractivity contribution is -0.385. The van der Waals surface area contributed by atoms with Gasteiger partial charge in [0.1, 0.15) is 34.5 Å². The smallest absolute Gasteiger partial charge is 0.440 e. The van der Waals surface area contributed by atoms with Crippen molar-refractivity contribution in [1.82, 2.24) is 9.21 Å². The number of nitro benzene ring substituents is 3. The third-order valence-electron chi connectivity index (χ3n) is 7.82. The molecule has 6 N–H and O–H groups in total. The number of nitrogens with two attached hydrogens (primary N) is 3. The third-order valence-corrected chi connectivity index (χ3v) is 14.7. The quantitative estimate of drug-likeness (QED) is 0.0374. The first-order valence-electron chi connectivity index (χ1n) is 17.1. The van der Waals surface area contributed by atoms with E-state index < -0.39 is 39.3 Å². The molecule has 0 saturated heterocycles. The van der Waals surface area contributed by atoms with Crippen molar-refractivity contribution in [3.05, 3.63) is 176 Å². The van der Waals surface area contributed by atoms with Gasteiger partial charge >= 0.3 is 24.6 Å². The van der Waals surface area contributed by atoms with Gasteiger partial charge in [-0.15, -0.1) is 4.52 Å². The highest BCUT2D eigenvalue weighted by Gasteiger charge is 2.58. The minimum Gasteiger partial charge on any atom is -0.440 e. The maximum atomic E-state index is 11.6. The van der Waals surface area contributed by atoms with Gasteiger partial charge in [-0.1, -0.05) is 0 Å². The summed E-state index contributed by atoms with van der Waals surface area (Å²) in [7, 11) is -9.55. The highest BCUT2D eigenvalue weighted by Crippen LogP contribution is 2.77. The monoisotopic (exact) mass is 873 g/mol. The topological polar surface area (TPSA) is 282 Å². The predicted molar refractivity (Wildman–Crippen MR) is 222 cm³/mol. The first-order valence-corrected chi connectivity index (χ1v) is 20.9. The summed E-state index contributed by atoms with van der Waals surface area (Å²) in [5.41, 5.74) is 18.6. The zero-order valence-electron chi connectivity index (χ0n) is 30.5. The number of benzene rings is 6. The Balaban J connectivity index is 1.49. The number of rotatable bonds is 15. The van der Waals surface area contributed by atoms with Gasteiger partial charge in [-0.05, 0) is 109 Å². The van der Waals surface area contributed by atoms with Gasteiger partial charge in [-0.3, -0.25) is 30.3 Å². The number of nitrogens with zero attached hydrogens (tertiary/aromatic N) is 6. The van der Waals surface area contributed by atoms with Crippen LogP contribution in [0.3, 0.4) is 0 Å². The van der Waals surface area contributed by atoms with Gasteiger partial charge in [-0.2, -0.15) is 0 Å². The molecule has 7 rings (SSSR count). The van der Waals surface area contributed by atoms with Crippen LogP contribution >= 0.6 is 24.6 Å². The Hall–Kier alpha value is -7.27. The van der Waals surface area contributed by atoms with E-state index in [1.807, 2.05) is 0 Å². The molecule has 1 heterocycles. The van der Waals surface area contributed by atoms with E-state index in [4.69, 9.17) is 49.5 Å². The predicted octanol–water partition coefficient (Wildman–Crippen LogP) is 9.78. The van der Waals surface area contributed by atoms with Gasteiger partial charge in [0.15, 0.2) is 0 Å². The van der Waals surface area contributed by atoms with Crippen molar-refractivity contribution in [3.63, 3.8) is 0 Å². The van der Waals surface area contributed by atoms with Gasteiger partial charge in [0, 0.05) is 62.7 Å². The molecule has 0 fully saturated rings. The van der Waals surface area contributed by atoms with Crippen molar-refractivity contribution in [2.24, 2.45) is 4.52 Å².